The Kier molecular flexibility index (Phi) is 5.61. The maximum absolute atomic E-state index is 12.3. The molecule has 1 atom stereocenters. The number of amides is 1. The molecule has 1 aromatic carbocycles. The van der Waals surface area contributed by atoms with E-state index in [9.17, 15) is 9.59 Å². The van der Waals surface area contributed by atoms with Gasteiger partial charge in [-0.2, -0.15) is 0 Å². The number of benzene rings is 1. The minimum Gasteiger partial charge on any atom is -0.495 e. The lowest BCUT2D eigenvalue weighted by molar-refractivity contribution is -0.119. The number of aryl methyl sites for hydroxylation is 2. The Bertz CT molecular complexity index is 827. The Labute approximate surface area is 157 Å². The third kappa shape index (κ3) is 4.25. The largest absolute Gasteiger partial charge is 0.495 e. The maximum atomic E-state index is 12.3. The predicted octanol–water partition coefficient (Wildman–Crippen LogP) is 3.99. The van der Waals surface area contributed by atoms with Gasteiger partial charge in [-0.25, -0.2) is 4.79 Å². The Morgan fingerprint density at radius 1 is 1.31 bits per heavy atom. The number of ether oxygens (including phenoxy) is 2. The summed E-state index contributed by atoms with van der Waals surface area (Å²) in [5.41, 5.74) is 2.81. The average molecular weight is 373 g/mol. The highest BCUT2D eigenvalue weighted by atomic mass is 32.1. The van der Waals surface area contributed by atoms with Crippen LogP contribution in [0.25, 0.3) is 0 Å². The van der Waals surface area contributed by atoms with Crippen LogP contribution >= 0.6 is 11.3 Å². The lowest BCUT2D eigenvalue weighted by Crippen LogP contribution is -2.21. The molecule has 5 nitrogen and oxygen atoms in total. The van der Waals surface area contributed by atoms with Gasteiger partial charge >= 0.3 is 5.97 Å². The maximum Gasteiger partial charge on any atom is 0.348 e. The SMILES string of the molecule is COc1ccc(C)cc1NC(=O)COC(=O)c1cc2c(s1)CCC(C)C2. The number of esters is 1. The number of nitrogens with one attached hydrogen (secondary N) is 1. The lowest BCUT2D eigenvalue weighted by atomic mass is 9.90. The fourth-order valence-corrected chi connectivity index (χ4v) is 4.22. The first-order valence-corrected chi connectivity index (χ1v) is 9.51. The molecule has 0 fully saturated rings. The summed E-state index contributed by atoms with van der Waals surface area (Å²) in [4.78, 5) is 26.2. The van der Waals surface area contributed by atoms with Crippen molar-refractivity contribution >= 4 is 28.9 Å². The fraction of sp³-hybridized carbons (Fsp3) is 0.400. The monoisotopic (exact) mass is 373 g/mol. The first-order chi connectivity index (χ1) is 12.5. The van der Waals surface area contributed by atoms with Crippen molar-refractivity contribution in [3.05, 3.63) is 45.1 Å². The molecule has 1 aliphatic rings. The van der Waals surface area contributed by atoms with E-state index in [1.807, 2.05) is 25.1 Å². The van der Waals surface area contributed by atoms with E-state index in [4.69, 9.17) is 9.47 Å². The second-order valence-corrected chi connectivity index (χ2v) is 7.87. The van der Waals surface area contributed by atoms with Crippen LogP contribution in [-0.4, -0.2) is 25.6 Å². The van der Waals surface area contributed by atoms with E-state index in [1.165, 1.54) is 21.8 Å². The standard InChI is InChI=1S/C20H23NO4S/c1-12-5-7-17-14(8-12)10-18(26-17)20(23)25-11-19(22)21-15-9-13(2)4-6-16(15)24-3/h4,6,9-10,12H,5,7-8,11H2,1-3H3,(H,21,22). The summed E-state index contributed by atoms with van der Waals surface area (Å²) < 4.78 is 10.4. The van der Waals surface area contributed by atoms with Crippen LogP contribution in [0.1, 0.15) is 39.0 Å². The third-order valence-electron chi connectivity index (χ3n) is 4.49. The van der Waals surface area contributed by atoms with E-state index >= 15 is 0 Å². The van der Waals surface area contributed by atoms with Gasteiger partial charge in [0.2, 0.25) is 0 Å². The second-order valence-electron chi connectivity index (χ2n) is 6.74. The number of carbonyl (C=O) groups excluding carboxylic acids is 2. The summed E-state index contributed by atoms with van der Waals surface area (Å²) in [5.74, 6) is 0.381. The first kappa shape index (κ1) is 18.5. The molecule has 6 heteroatoms. The van der Waals surface area contributed by atoms with E-state index in [1.54, 1.807) is 13.2 Å². The number of fused-ring (bicyclic) bond motifs is 1. The molecular weight excluding hydrogens is 350 g/mol. The van der Waals surface area contributed by atoms with Gasteiger partial charge in [-0.1, -0.05) is 13.0 Å². The number of methoxy groups -OCH3 is 1. The summed E-state index contributed by atoms with van der Waals surface area (Å²) in [6.07, 6.45) is 3.18. The summed E-state index contributed by atoms with van der Waals surface area (Å²) >= 11 is 1.48. The van der Waals surface area contributed by atoms with Gasteiger partial charge < -0.3 is 14.8 Å². The van der Waals surface area contributed by atoms with E-state index in [2.05, 4.69) is 12.2 Å². The van der Waals surface area contributed by atoms with Crippen LogP contribution in [0, 0.1) is 12.8 Å². The molecule has 1 heterocycles. The van der Waals surface area contributed by atoms with E-state index in [-0.39, 0.29) is 6.61 Å². The van der Waals surface area contributed by atoms with Gasteiger partial charge in [0.1, 0.15) is 10.6 Å². The smallest absolute Gasteiger partial charge is 0.348 e. The lowest BCUT2D eigenvalue weighted by Gasteiger charge is -2.16. The minimum absolute atomic E-state index is 0.325. The molecule has 0 spiro atoms. The predicted molar refractivity (Wildman–Crippen MR) is 102 cm³/mol. The fourth-order valence-electron chi connectivity index (χ4n) is 3.11. The van der Waals surface area contributed by atoms with Crippen molar-refractivity contribution in [1.82, 2.24) is 0 Å². The van der Waals surface area contributed by atoms with Crippen LogP contribution in [0.2, 0.25) is 0 Å². The normalized spacial score (nSPS) is 15.9. The van der Waals surface area contributed by atoms with Crippen LogP contribution in [0.3, 0.4) is 0 Å². The van der Waals surface area contributed by atoms with Gasteiger partial charge in [-0.05, 0) is 61.4 Å². The molecule has 1 amide bonds. The van der Waals surface area contributed by atoms with Crippen molar-refractivity contribution in [3.63, 3.8) is 0 Å². The van der Waals surface area contributed by atoms with Crippen molar-refractivity contribution in [3.8, 4) is 5.75 Å². The molecule has 138 valence electrons. The van der Waals surface area contributed by atoms with Crippen LogP contribution in [0.15, 0.2) is 24.3 Å². The summed E-state index contributed by atoms with van der Waals surface area (Å²) in [6, 6.07) is 7.41. The minimum atomic E-state index is -0.441. The van der Waals surface area contributed by atoms with Gasteiger partial charge in [-0.15, -0.1) is 11.3 Å². The molecule has 26 heavy (non-hydrogen) atoms. The number of hydrogen-bond donors (Lipinski definition) is 1. The van der Waals surface area contributed by atoms with E-state index in [0.29, 0.717) is 22.2 Å². The summed E-state index contributed by atoms with van der Waals surface area (Å²) in [6.45, 7) is 3.83. The number of carbonyl (C=O) groups is 2. The molecule has 1 aromatic heterocycles. The summed E-state index contributed by atoms with van der Waals surface area (Å²) in [7, 11) is 1.54. The highest BCUT2D eigenvalue weighted by molar-refractivity contribution is 7.14. The Hall–Kier alpha value is -2.34. The van der Waals surface area contributed by atoms with Gasteiger partial charge in [0, 0.05) is 4.88 Å². The van der Waals surface area contributed by atoms with Gasteiger partial charge in [0.15, 0.2) is 6.61 Å². The van der Waals surface area contributed by atoms with Crippen LogP contribution in [-0.2, 0) is 22.4 Å². The Morgan fingerprint density at radius 3 is 2.88 bits per heavy atom. The molecule has 3 rings (SSSR count). The number of anilines is 1. The molecular formula is C20H23NO4S. The Balaban J connectivity index is 1.58. The van der Waals surface area contributed by atoms with Crippen molar-refractivity contribution in [2.45, 2.75) is 33.1 Å². The molecule has 0 aliphatic heterocycles. The van der Waals surface area contributed by atoms with Gasteiger partial charge in [-0.3, -0.25) is 4.79 Å². The Morgan fingerprint density at radius 2 is 2.12 bits per heavy atom. The zero-order valence-corrected chi connectivity index (χ0v) is 16.1. The van der Waals surface area contributed by atoms with Gasteiger partial charge in [0.05, 0.1) is 12.8 Å². The second kappa shape index (κ2) is 7.91. The topological polar surface area (TPSA) is 64.6 Å². The van der Waals surface area contributed by atoms with Crippen LogP contribution in [0.4, 0.5) is 5.69 Å². The van der Waals surface area contributed by atoms with Gasteiger partial charge in [0.25, 0.3) is 5.91 Å². The first-order valence-electron chi connectivity index (χ1n) is 8.69. The molecule has 0 saturated heterocycles. The van der Waals surface area contributed by atoms with Crippen LogP contribution < -0.4 is 10.1 Å². The molecule has 1 N–H and O–H groups in total. The van der Waals surface area contributed by atoms with Crippen molar-refractivity contribution in [1.29, 1.82) is 0 Å². The summed E-state index contributed by atoms with van der Waals surface area (Å²) in [5, 5.41) is 2.73. The highest BCUT2D eigenvalue weighted by Crippen LogP contribution is 2.32. The molecule has 1 aliphatic carbocycles. The highest BCUT2D eigenvalue weighted by Gasteiger charge is 2.22. The number of thiophene rings is 1. The molecule has 0 bridgehead atoms. The van der Waals surface area contributed by atoms with Crippen molar-refractivity contribution in [2.24, 2.45) is 5.92 Å². The number of rotatable bonds is 5. The molecule has 1 unspecified atom stereocenters. The molecule has 2 aromatic rings. The third-order valence-corrected chi connectivity index (χ3v) is 5.71. The average Bonchev–Trinajstić information content (AvgIpc) is 3.03. The number of hydrogen-bond acceptors (Lipinski definition) is 5. The zero-order valence-electron chi connectivity index (χ0n) is 15.3. The van der Waals surface area contributed by atoms with Crippen molar-refractivity contribution < 1.29 is 19.1 Å². The zero-order chi connectivity index (χ0) is 18.7. The molecule has 0 saturated carbocycles. The van der Waals surface area contributed by atoms with Crippen LogP contribution in [0.5, 0.6) is 5.75 Å². The van der Waals surface area contributed by atoms with Crippen molar-refractivity contribution in [2.75, 3.05) is 19.0 Å². The van der Waals surface area contributed by atoms with E-state index in [0.717, 1.165) is 24.8 Å². The molecule has 0 radical (unpaired) electrons. The van der Waals surface area contributed by atoms with E-state index < -0.39 is 11.9 Å². The quantitative estimate of drug-likeness (QED) is 0.805.